The number of fused-ring (bicyclic) bond motifs is 1. The zero-order valence-corrected chi connectivity index (χ0v) is 13.6. The summed E-state index contributed by atoms with van der Waals surface area (Å²) in [5.41, 5.74) is 1.81. The topological polar surface area (TPSA) is 87.7 Å². The molecule has 2 atom stereocenters. The standard InChI is InChI=1S/C17H24N2O4/c1-3-11(2)15(9-20)19-17(22)10-23-13-6-4-12-5-7-16(21)18-14(12)8-13/h4,6,8,11,15,20H,3,5,7,9-10H2,1-2H3,(H,18,21)(H,19,22). The van der Waals surface area contributed by atoms with Gasteiger partial charge in [-0.15, -0.1) is 0 Å². The zero-order valence-electron chi connectivity index (χ0n) is 13.6. The van der Waals surface area contributed by atoms with E-state index in [-0.39, 0.29) is 37.0 Å². The molecule has 0 aliphatic carbocycles. The van der Waals surface area contributed by atoms with Crippen molar-refractivity contribution in [2.45, 2.75) is 39.2 Å². The van der Waals surface area contributed by atoms with Gasteiger partial charge in [0.05, 0.1) is 12.6 Å². The quantitative estimate of drug-likeness (QED) is 0.710. The third-order valence-corrected chi connectivity index (χ3v) is 4.22. The van der Waals surface area contributed by atoms with Crippen LogP contribution in [0.5, 0.6) is 5.75 Å². The second kappa shape index (κ2) is 7.97. The molecular formula is C17H24N2O4. The molecule has 0 bridgehead atoms. The van der Waals surface area contributed by atoms with E-state index in [0.29, 0.717) is 12.2 Å². The summed E-state index contributed by atoms with van der Waals surface area (Å²) in [6.45, 7) is 3.77. The lowest BCUT2D eigenvalue weighted by atomic mass is 10.00. The molecule has 1 aromatic rings. The number of nitrogens with one attached hydrogen (secondary N) is 2. The van der Waals surface area contributed by atoms with E-state index < -0.39 is 0 Å². The molecule has 0 radical (unpaired) electrons. The maximum atomic E-state index is 11.9. The molecule has 23 heavy (non-hydrogen) atoms. The van der Waals surface area contributed by atoms with Crippen molar-refractivity contribution in [3.8, 4) is 5.75 Å². The number of carbonyl (C=O) groups excluding carboxylic acids is 2. The van der Waals surface area contributed by atoms with Crippen molar-refractivity contribution in [2.75, 3.05) is 18.5 Å². The number of hydrogen-bond acceptors (Lipinski definition) is 4. The number of carbonyl (C=O) groups is 2. The Kier molecular flexibility index (Phi) is 5.98. The van der Waals surface area contributed by atoms with Gasteiger partial charge < -0.3 is 20.5 Å². The molecule has 3 N–H and O–H groups in total. The van der Waals surface area contributed by atoms with Crippen molar-refractivity contribution in [3.05, 3.63) is 23.8 Å². The molecule has 0 spiro atoms. The highest BCUT2D eigenvalue weighted by atomic mass is 16.5. The third-order valence-electron chi connectivity index (χ3n) is 4.22. The molecule has 6 heteroatoms. The lowest BCUT2D eigenvalue weighted by Crippen LogP contribution is -2.43. The molecule has 126 valence electrons. The number of hydrogen-bond donors (Lipinski definition) is 3. The number of benzene rings is 1. The van der Waals surface area contributed by atoms with Gasteiger partial charge in [-0.1, -0.05) is 26.3 Å². The van der Waals surface area contributed by atoms with Gasteiger partial charge in [0.15, 0.2) is 6.61 Å². The van der Waals surface area contributed by atoms with Gasteiger partial charge in [0.25, 0.3) is 5.91 Å². The van der Waals surface area contributed by atoms with Crippen LogP contribution >= 0.6 is 0 Å². The maximum Gasteiger partial charge on any atom is 0.258 e. The predicted octanol–water partition coefficient (Wildman–Crippen LogP) is 1.47. The van der Waals surface area contributed by atoms with Crippen molar-refractivity contribution in [2.24, 2.45) is 5.92 Å². The van der Waals surface area contributed by atoms with Gasteiger partial charge in [-0.3, -0.25) is 9.59 Å². The fourth-order valence-electron chi connectivity index (χ4n) is 2.49. The van der Waals surface area contributed by atoms with Gasteiger partial charge in [-0.25, -0.2) is 0 Å². The van der Waals surface area contributed by atoms with Crippen LogP contribution < -0.4 is 15.4 Å². The second-order valence-corrected chi connectivity index (χ2v) is 5.90. The summed E-state index contributed by atoms with van der Waals surface area (Å²) >= 11 is 0. The van der Waals surface area contributed by atoms with Crippen LogP contribution in [0.4, 0.5) is 5.69 Å². The normalized spacial score (nSPS) is 16.0. The van der Waals surface area contributed by atoms with E-state index in [1.165, 1.54) is 0 Å². The fourth-order valence-corrected chi connectivity index (χ4v) is 2.49. The summed E-state index contributed by atoms with van der Waals surface area (Å²) in [5.74, 6) is 0.450. The average molecular weight is 320 g/mol. The Morgan fingerprint density at radius 2 is 2.22 bits per heavy atom. The summed E-state index contributed by atoms with van der Waals surface area (Å²) < 4.78 is 5.48. The minimum absolute atomic E-state index is 0.00765. The molecule has 2 unspecified atom stereocenters. The zero-order chi connectivity index (χ0) is 16.8. The van der Waals surface area contributed by atoms with Gasteiger partial charge >= 0.3 is 0 Å². The SMILES string of the molecule is CCC(C)C(CO)NC(=O)COc1ccc2c(c1)NC(=O)CC2. The van der Waals surface area contributed by atoms with Crippen LogP contribution in [0.2, 0.25) is 0 Å². The van der Waals surface area contributed by atoms with Crippen molar-refractivity contribution >= 4 is 17.5 Å². The Morgan fingerprint density at radius 3 is 2.91 bits per heavy atom. The van der Waals surface area contributed by atoms with Crippen LogP contribution in [0.15, 0.2) is 18.2 Å². The molecule has 0 saturated carbocycles. The van der Waals surface area contributed by atoms with Crippen molar-refractivity contribution in [1.29, 1.82) is 0 Å². The van der Waals surface area contributed by atoms with E-state index in [1.807, 2.05) is 19.9 Å². The summed E-state index contributed by atoms with van der Waals surface area (Å²) in [5, 5.41) is 14.9. The molecule has 2 rings (SSSR count). The first kappa shape index (κ1) is 17.3. The molecule has 0 saturated heterocycles. The van der Waals surface area contributed by atoms with E-state index in [4.69, 9.17) is 4.74 Å². The van der Waals surface area contributed by atoms with Crippen LogP contribution in [0.3, 0.4) is 0 Å². The third kappa shape index (κ3) is 4.69. The van der Waals surface area contributed by atoms with Crippen LogP contribution in [0, 0.1) is 5.92 Å². The summed E-state index contributed by atoms with van der Waals surface area (Å²) in [7, 11) is 0. The minimum atomic E-state index is -0.272. The molecule has 1 aliphatic rings. The number of rotatable bonds is 7. The van der Waals surface area contributed by atoms with Crippen molar-refractivity contribution in [1.82, 2.24) is 5.32 Å². The van der Waals surface area contributed by atoms with Crippen LogP contribution in [-0.2, 0) is 16.0 Å². The van der Waals surface area contributed by atoms with Crippen LogP contribution in [-0.4, -0.2) is 36.2 Å². The second-order valence-electron chi connectivity index (χ2n) is 5.90. The van der Waals surface area contributed by atoms with Crippen molar-refractivity contribution < 1.29 is 19.4 Å². The maximum absolute atomic E-state index is 11.9. The summed E-state index contributed by atoms with van der Waals surface area (Å²) in [4.78, 5) is 23.3. The Bertz CT molecular complexity index is 574. The average Bonchev–Trinajstić information content (AvgIpc) is 2.56. The molecule has 6 nitrogen and oxygen atoms in total. The van der Waals surface area contributed by atoms with Gasteiger partial charge in [0.2, 0.25) is 5.91 Å². The molecule has 1 heterocycles. The molecular weight excluding hydrogens is 296 g/mol. The first-order valence-electron chi connectivity index (χ1n) is 7.99. The Labute approximate surface area is 136 Å². The Balaban J connectivity index is 1.89. The number of amides is 2. The fraction of sp³-hybridized carbons (Fsp3) is 0.529. The van der Waals surface area contributed by atoms with Gasteiger partial charge in [-0.05, 0) is 24.0 Å². The molecule has 1 aromatic carbocycles. The predicted molar refractivity (Wildman–Crippen MR) is 87.4 cm³/mol. The lowest BCUT2D eigenvalue weighted by Gasteiger charge is -2.22. The van der Waals surface area contributed by atoms with Crippen LogP contribution in [0.1, 0.15) is 32.3 Å². The minimum Gasteiger partial charge on any atom is -0.484 e. The number of ether oxygens (including phenoxy) is 1. The monoisotopic (exact) mass is 320 g/mol. The van der Waals surface area contributed by atoms with Gasteiger partial charge in [0.1, 0.15) is 5.75 Å². The molecule has 1 aliphatic heterocycles. The van der Waals surface area contributed by atoms with Crippen molar-refractivity contribution in [3.63, 3.8) is 0 Å². The molecule has 0 aromatic heterocycles. The molecule has 2 amide bonds. The highest BCUT2D eigenvalue weighted by molar-refractivity contribution is 5.94. The number of aryl methyl sites for hydroxylation is 1. The number of aliphatic hydroxyl groups excluding tert-OH is 1. The first-order valence-corrected chi connectivity index (χ1v) is 7.99. The van der Waals surface area contributed by atoms with E-state index >= 15 is 0 Å². The van der Waals surface area contributed by atoms with Gasteiger partial charge in [0, 0.05) is 18.2 Å². The largest absolute Gasteiger partial charge is 0.484 e. The summed E-state index contributed by atoms with van der Waals surface area (Å²) in [6, 6.07) is 5.16. The van der Waals surface area contributed by atoms with Gasteiger partial charge in [-0.2, -0.15) is 0 Å². The van der Waals surface area contributed by atoms with E-state index in [9.17, 15) is 14.7 Å². The molecule has 0 fully saturated rings. The Morgan fingerprint density at radius 1 is 1.43 bits per heavy atom. The highest BCUT2D eigenvalue weighted by Gasteiger charge is 2.18. The number of aliphatic hydroxyl groups is 1. The first-order chi connectivity index (χ1) is 11.0. The lowest BCUT2D eigenvalue weighted by molar-refractivity contribution is -0.124. The summed E-state index contributed by atoms with van der Waals surface area (Å²) in [6.07, 6.45) is 2.08. The van der Waals surface area contributed by atoms with E-state index in [2.05, 4.69) is 10.6 Å². The van der Waals surface area contributed by atoms with E-state index in [1.54, 1.807) is 12.1 Å². The smallest absolute Gasteiger partial charge is 0.258 e. The highest BCUT2D eigenvalue weighted by Crippen LogP contribution is 2.27. The van der Waals surface area contributed by atoms with E-state index in [0.717, 1.165) is 24.1 Å². The number of anilines is 1. The van der Waals surface area contributed by atoms with Crippen LogP contribution in [0.25, 0.3) is 0 Å². The Hall–Kier alpha value is -2.08.